The molecule has 28 heavy (non-hydrogen) atoms. The summed E-state index contributed by atoms with van der Waals surface area (Å²) in [5.74, 6) is -0.103. The van der Waals surface area contributed by atoms with Crippen molar-refractivity contribution in [2.45, 2.75) is 128 Å². The zero-order valence-corrected chi connectivity index (χ0v) is 18.9. The molecular weight excluding hydrogens is 354 g/mol. The number of hydroxylamine groups is 2. The van der Waals surface area contributed by atoms with Crippen LogP contribution in [0.5, 0.6) is 0 Å². The first kappa shape index (κ1) is 25.4. The Kier molecular flexibility index (Phi) is 12.3. The molecule has 0 aromatic carbocycles. The van der Waals surface area contributed by atoms with Crippen LogP contribution < -0.4 is 0 Å². The first-order valence-corrected chi connectivity index (χ1v) is 11.6. The molecule has 0 amide bonds. The molecule has 0 aliphatic carbocycles. The molecule has 5 heteroatoms. The van der Waals surface area contributed by atoms with Gasteiger partial charge in [0.25, 0.3) is 0 Å². The molecule has 1 atom stereocenters. The van der Waals surface area contributed by atoms with Crippen molar-refractivity contribution in [3.8, 4) is 0 Å². The van der Waals surface area contributed by atoms with Crippen molar-refractivity contribution in [3.05, 3.63) is 0 Å². The number of esters is 1. The number of nitrogens with zero attached hydrogens (tertiary/aromatic N) is 1. The van der Waals surface area contributed by atoms with Crippen LogP contribution in [0.3, 0.4) is 0 Å². The molecule has 1 aliphatic heterocycles. The lowest BCUT2D eigenvalue weighted by molar-refractivity contribution is -0.296. The van der Waals surface area contributed by atoms with E-state index < -0.39 is 11.3 Å². The molecule has 1 rings (SSSR count). The highest BCUT2D eigenvalue weighted by molar-refractivity contribution is 5.68. The van der Waals surface area contributed by atoms with E-state index in [2.05, 4.69) is 11.7 Å². The Labute approximate surface area is 173 Å². The average molecular weight is 399 g/mol. The smallest absolute Gasteiger partial charge is 0.305 e. The Morgan fingerprint density at radius 1 is 0.893 bits per heavy atom. The van der Waals surface area contributed by atoms with E-state index in [0.29, 0.717) is 13.0 Å². The van der Waals surface area contributed by atoms with Crippen molar-refractivity contribution < 1.29 is 19.5 Å². The predicted octanol–water partition coefficient (Wildman–Crippen LogP) is 6.18. The zero-order valence-electron chi connectivity index (χ0n) is 18.9. The molecule has 1 saturated heterocycles. The van der Waals surface area contributed by atoms with Gasteiger partial charge in [-0.15, -0.1) is 10.3 Å². The van der Waals surface area contributed by atoms with Gasteiger partial charge in [-0.2, -0.15) is 0 Å². The van der Waals surface area contributed by atoms with Crippen LogP contribution >= 0.6 is 0 Å². The minimum atomic E-state index is -0.592. The first-order valence-electron chi connectivity index (χ1n) is 11.6. The summed E-state index contributed by atoms with van der Waals surface area (Å²) in [6.07, 6.45) is 16.1. The van der Waals surface area contributed by atoms with Gasteiger partial charge in [0.05, 0.1) is 19.3 Å². The lowest BCUT2D eigenvalue weighted by Gasteiger charge is -2.35. The summed E-state index contributed by atoms with van der Waals surface area (Å²) in [6, 6.07) is 0. The van der Waals surface area contributed by atoms with E-state index >= 15 is 0 Å². The molecule has 5 nitrogen and oxygen atoms in total. The normalized spacial score (nSPS) is 21.9. The Hall–Kier alpha value is -0.650. The van der Waals surface area contributed by atoms with Crippen molar-refractivity contribution in [1.29, 1.82) is 0 Å². The Morgan fingerprint density at radius 3 is 1.86 bits per heavy atom. The number of hydrogen-bond acceptors (Lipinski definition) is 4. The summed E-state index contributed by atoms with van der Waals surface area (Å²) in [5, 5.41) is 14.2. The molecule has 1 heterocycles. The maximum atomic E-state index is 12.9. The summed E-state index contributed by atoms with van der Waals surface area (Å²) in [6.45, 7) is 6.74. The summed E-state index contributed by atoms with van der Waals surface area (Å²) < 4.78 is 10.8. The molecule has 0 aromatic heterocycles. The van der Waals surface area contributed by atoms with Gasteiger partial charge in [-0.3, -0.25) is 4.79 Å². The average Bonchev–Trinajstić information content (AvgIpc) is 2.91. The molecule has 1 radical (unpaired) electrons. The molecular formula is C23H44NO4. The van der Waals surface area contributed by atoms with Gasteiger partial charge in [-0.25, -0.2) is 0 Å². The Bertz CT molecular complexity index is 427. The van der Waals surface area contributed by atoms with E-state index in [1.807, 2.05) is 13.8 Å². The first-order chi connectivity index (χ1) is 13.4. The van der Waals surface area contributed by atoms with Gasteiger partial charge in [0.1, 0.15) is 5.72 Å². The van der Waals surface area contributed by atoms with E-state index in [1.165, 1.54) is 57.1 Å². The van der Waals surface area contributed by atoms with Gasteiger partial charge in [0, 0.05) is 6.42 Å². The van der Waals surface area contributed by atoms with Crippen LogP contribution in [0.25, 0.3) is 0 Å². The van der Waals surface area contributed by atoms with Crippen molar-refractivity contribution in [3.63, 3.8) is 0 Å². The van der Waals surface area contributed by atoms with Crippen LogP contribution in [-0.4, -0.2) is 36.0 Å². The minimum absolute atomic E-state index is 0.103. The van der Waals surface area contributed by atoms with Crippen molar-refractivity contribution in [2.75, 3.05) is 13.7 Å². The molecule has 0 bridgehead atoms. The van der Waals surface area contributed by atoms with Gasteiger partial charge >= 0.3 is 5.97 Å². The largest absolute Gasteiger partial charge is 0.469 e. The number of methoxy groups -OCH3 is 1. The third-order valence-electron chi connectivity index (χ3n) is 5.96. The SMILES string of the molecule is CCCCCCC1(CCCCCCCCCCC(=O)OC)OCC(C)(C)N1[O]. The summed E-state index contributed by atoms with van der Waals surface area (Å²) in [4.78, 5) is 11.1. The van der Waals surface area contributed by atoms with Gasteiger partial charge < -0.3 is 9.47 Å². The number of hydrogen-bond donors (Lipinski definition) is 0. The maximum absolute atomic E-state index is 12.9. The second-order valence-electron chi connectivity index (χ2n) is 9.06. The van der Waals surface area contributed by atoms with Gasteiger partial charge in [0.2, 0.25) is 0 Å². The fourth-order valence-electron chi connectivity index (χ4n) is 4.11. The molecule has 0 N–H and O–H groups in total. The van der Waals surface area contributed by atoms with Crippen LogP contribution in [0.15, 0.2) is 0 Å². The summed E-state index contributed by atoms with van der Waals surface area (Å²) in [5.41, 5.74) is -1.000. The Balaban J connectivity index is 2.20. The van der Waals surface area contributed by atoms with Crippen LogP contribution in [0.2, 0.25) is 0 Å². The van der Waals surface area contributed by atoms with E-state index in [0.717, 1.165) is 44.9 Å². The predicted molar refractivity (Wildman–Crippen MR) is 112 cm³/mol. The van der Waals surface area contributed by atoms with Crippen LogP contribution in [-0.2, 0) is 19.5 Å². The molecule has 1 unspecified atom stereocenters. The van der Waals surface area contributed by atoms with E-state index in [1.54, 1.807) is 0 Å². The number of unbranched alkanes of at least 4 members (excludes halogenated alkanes) is 10. The number of rotatable bonds is 16. The monoisotopic (exact) mass is 398 g/mol. The maximum Gasteiger partial charge on any atom is 0.305 e. The summed E-state index contributed by atoms with van der Waals surface area (Å²) in [7, 11) is 1.45. The van der Waals surface area contributed by atoms with Crippen molar-refractivity contribution in [2.24, 2.45) is 0 Å². The fraction of sp³-hybridized carbons (Fsp3) is 0.957. The zero-order chi connectivity index (χ0) is 20.9. The second kappa shape index (κ2) is 13.6. The molecule has 0 aromatic rings. The van der Waals surface area contributed by atoms with Gasteiger partial charge in [-0.1, -0.05) is 64.7 Å². The molecule has 1 fully saturated rings. The molecule has 1 aliphatic rings. The number of carbonyl (C=O) groups excluding carboxylic acids is 1. The molecule has 165 valence electrons. The lowest BCUT2D eigenvalue weighted by Crippen LogP contribution is -2.49. The van der Waals surface area contributed by atoms with E-state index in [-0.39, 0.29) is 5.97 Å². The number of ether oxygens (including phenoxy) is 2. The highest BCUT2D eigenvalue weighted by atomic mass is 16.6. The van der Waals surface area contributed by atoms with Crippen LogP contribution in [0, 0.1) is 0 Å². The Morgan fingerprint density at radius 2 is 1.39 bits per heavy atom. The molecule has 0 saturated carbocycles. The molecule has 0 spiro atoms. The standard InChI is InChI=1S/C23H44NO4/c1-5-6-7-15-18-23(24(26)22(2,3)20-28-23)19-16-13-11-9-8-10-12-14-17-21(25)27-4/h5-20H2,1-4H3. The van der Waals surface area contributed by atoms with E-state index in [4.69, 9.17) is 4.74 Å². The fourth-order valence-corrected chi connectivity index (χ4v) is 4.11. The van der Waals surface area contributed by atoms with Crippen molar-refractivity contribution in [1.82, 2.24) is 5.06 Å². The van der Waals surface area contributed by atoms with E-state index in [9.17, 15) is 10.0 Å². The van der Waals surface area contributed by atoms with Gasteiger partial charge in [0.15, 0.2) is 0 Å². The minimum Gasteiger partial charge on any atom is -0.469 e. The van der Waals surface area contributed by atoms with Gasteiger partial charge in [-0.05, 0) is 46.0 Å². The quantitative estimate of drug-likeness (QED) is 0.230. The third-order valence-corrected chi connectivity index (χ3v) is 5.96. The highest BCUT2D eigenvalue weighted by Gasteiger charge is 2.51. The highest BCUT2D eigenvalue weighted by Crippen LogP contribution is 2.40. The lowest BCUT2D eigenvalue weighted by atomic mass is 9.95. The topological polar surface area (TPSA) is 58.7 Å². The van der Waals surface area contributed by atoms with Crippen molar-refractivity contribution >= 4 is 5.97 Å². The third kappa shape index (κ3) is 8.79. The second-order valence-corrected chi connectivity index (χ2v) is 9.06. The number of carbonyl (C=O) groups is 1. The van der Waals surface area contributed by atoms with Crippen LogP contribution in [0.1, 0.15) is 117 Å². The van der Waals surface area contributed by atoms with Crippen LogP contribution in [0.4, 0.5) is 0 Å². The summed E-state index contributed by atoms with van der Waals surface area (Å²) >= 11 is 0.